The van der Waals surface area contributed by atoms with Gasteiger partial charge in [-0.1, -0.05) is 0 Å². The SMILES string of the molecule is O=[S-](=O)O[SiH3].[K+]. The smallest absolute Gasteiger partial charge is 0.474 e. The molecular weight excluding hydrogens is 147 g/mol. The van der Waals surface area contributed by atoms with Crippen LogP contribution in [0.25, 0.3) is 0 Å². The van der Waals surface area contributed by atoms with Crippen molar-refractivity contribution in [2.45, 2.75) is 0 Å². The largest absolute Gasteiger partial charge is 1.00 e. The Morgan fingerprint density at radius 1 is 1.50 bits per heavy atom. The summed E-state index contributed by atoms with van der Waals surface area (Å²) in [5, 5.41) is 0. The average molecular weight is 150 g/mol. The van der Waals surface area contributed by atoms with E-state index in [2.05, 4.69) is 3.87 Å². The van der Waals surface area contributed by atoms with Crippen molar-refractivity contribution in [3.8, 4) is 0 Å². The quantitative estimate of drug-likeness (QED) is 0.280. The van der Waals surface area contributed by atoms with Gasteiger partial charge in [0.25, 0.3) is 0 Å². The fraction of sp³-hybridized carbons (Fsp3) is 0. The Morgan fingerprint density at radius 3 is 1.67 bits per heavy atom. The predicted molar refractivity (Wildman–Crippen MR) is 19.8 cm³/mol. The summed E-state index contributed by atoms with van der Waals surface area (Å²) in [6, 6.07) is 0. The van der Waals surface area contributed by atoms with E-state index in [9.17, 15) is 8.42 Å². The summed E-state index contributed by atoms with van der Waals surface area (Å²) < 4.78 is 22.2. The van der Waals surface area contributed by atoms with Crippen LogP contribution in [-0.2, 0) is 23.3 Å². The molecule has 0 aromatic carbocycles. The van der Waals surface area contributed by atoms with Gasteiger partial charge in [0.1, 0.15) is 10.5 Å². The minimum Gasteiger partial charge on any atom is -0.474 e. The Balaban J connectivity index is 0. The van der Waals surface area contributed by atoms with Gasteiger partial charge >= 0.3 is 51.4 Å². The van der Waals surface area contributed by atoms with Crippen molar-refractivity contribution in [2.24, 2.45) is 0 Å². The molecule has 0 aromatic heterocycles. The molecule has 0 saturated carbocycles. The molecule has 32 valence electrons. The molecule has 0 aliphatic rings. The van der Waals surface area contributed by atoms with E-state index in [1.54, 1.807) is 0 Å². The Bertz CT molecular complexity index is 68.9. The molecule has 0 bridgehead atoms. The van der Waals surface area contributed by atoms with Crippen molar-refractivity contribution in [2.75, 3.05) is 0 Å². The summed E-state index contributed by atoms with van der Waals surface area (Å²) in [6.45, 7) is 0. The molecule has 6 heavy (non-hydrogen) atoms. The monoisotopic (exact) mass is 150 g/mol. The minimum absolute atomic E-state index is 0. The molecule has 0 rings (SSSR count). The number of rotatable bonds is 1. The van der Waals surface area contributed by atoms with Crippen LogP contribution in [-0.4, -0.2) is 10.5 Å². The molecule has 0 heterocycles. The maximum atomic E-state index is 9.18. The summed E-state index contributed by atoms with van der Waals surface area (Å²) in [6.07, 6.45) is 0. The molecule has 0 atom stereocenters. The van der Waals surface area contributed by atoms with Gasteiger partial charge in [0.2, 0.25) is 0 Å². The normalized spacial score (nSPS) is 8.17. The van der Waals surface area contributed by atoms with E-state index in [1.807, 2.05) is 0 Å². The van der Waals surface area contributed by atoms with E-state index in [4.69, 9.17) is 0 Å². The molecule has 0 saturated heterocycles. The summed E-state index contributed by atoms with van der Waals surface area (Å²) in [5.74, 6) is 0. The van der Waals surface area contributed by atoms with Crippen molar-refractivity contribution in [3.63, 3.8) is 0 Å². The second-order valence-corrected chi connectivity index (χ2v) is 2.11. The fourth-order valence-electron chi connectivity index (χ4n) is 0. The number of hydrogen-bond donors (Lipinski definition) is 0. The van der Waals surface area contributed by atoms with E-state index in [0.717, 1.165) is 0 Å². The molecule has 0 spiro atoms. The van der Waals surface area contributed by atoms with E-state index in [1.165, 1.54) is 0 Å². The van der Waals surface area contributed by atoms with Crippen LogP contribution in [0.4, 0.5) is 0 Å². The van der Waals surface area contributed by atoms with Crippen molar-refractivity contribution < 1.29 is 63.7 Å². The van der Waals surface area contributed by atoms with Crippen LogP contribution in [0.1, 0.15) is 0 Å². The summed E-state index contributed by atoms with van der Waals surface area (Å²) in [7, 11) is -2.00. The Labute approximate surface area is 83.6 Å². The fourth-order valence-corrected chi connectivity index (χ4v) is 0. The predicted octanol–water partition coefficient (Wildman–Crippen LogP) is -4.49. The first kappa shape index (κ1) is 10.7. The zero-order chi connectivity index (χ0) is 4.28. The van der Waals surface area contributed by atoms with E-state index in [-0.39, 0.29) is 61.9 Å². The van der Waals surface area contributed by atoms with Gasteiger partial charge in [-0.2, -0.15) is 0 Å². The molecule has 0 radical (unpaired) electrons. The molecule has 6 heteroatoms. The van der Waals surface area contributed by atoms with Gasteiger partial charge in [-0.05, 0) is 0 Å². The molecule has 0 aromatic rings. The molecule has 0 unspecified atom stereocenters. The first-order valence-corrected chi connectivity index (χ1v) is 2.72. The molecule has 0 amide bonds. The number of hydrogen-bond acceptors (Lipinski definition) is 4. The van der Waals surface area contributed by atoms with Gasteiger partial charge in [0.15, 0.2) is 0 Å². The van der Waals surface area contributed by atoms with Gasteiger partial charge in [0.05, 0.1) is 0 Å². The van der Waals surface area contributed by atoms with Crippen LogP contribution in [0.2, 0.25) is 0 Å². The van der Waals surface area contributed by atoms with Crippen LogP contribution in [0.15, 0.2) is 0 Å². The van der Waals surface area contributed by atoms with Crippen LogP contribution in [0.5, 0.6) is 0 Å². The Hall–Kier alpha value is 1.76. The second kappa shape index (κ2) is 6.76. The third kappa shape index (κ3) is 9.23. The molecule has 0 fully saturated rings. The van der Waals surface area contributed by atoms with Gasteiger partial charge in [-0.15, -0.1) is 0 Å². The zero-order valence-electron chi connectivity index (χ0n) is 3.63. The summed E-state index contributed by atoms with van der Waals surface area (Å²) in [4.78, 5) is 0. The molecule has 0 N–H and O–H groups in total. The van der Waals surface area contributed by atoms with Crippen LogP contribution >= 0.6 is 0 Å². The van der Waals surface area contributed by atoms with Crippen molar-refractivity contribution in [1.82, 2.24) is 0 Å². The van der Waals surface area contributed by atoms with Crippen LogP contribution < -0.4 is 51.4 Å². The minimum atomic E-state index is -2.26. The molecule has 0 aliphatic carbocycles. The van der Waals surface area contributed by atoms with Gasteiger partial charge in [-0.3, -0.25) is 0 Å². The molecule has 0 aliphatic heterocycles. The van der Waals surface area contributed by atoms with E-state index in [0.29, 0.717) is 0 Å². The Kier molecular flexibility index (Phi) is 12.1. The van der Waals surface area contributed by atoms with Gasteiger partial charge in [-0.25, -0.2) is 0 Å². The van der Waals surface area contributed by atoms with Crippen molar-refractivity contribution >= 4 is 21.5 Å². The van der Waals surface area contributed by atoms with Crippen molar-refractivity contribution in [1.29, 1.82) is 0 Å². The van der Waals surface area contributed by atoms with Crippen molar-refractivity contribution in [3.05, 3.63) is 0 Å². The third-order valence-corrected chi connectivity index (χ3v) is 1.22. The van der Waals surface area contributed by atoms with Gasteiger partial charge in [0, 0.05) is 11.0 Å². The van der Waals surface area contributed by atoms with E-state index < -0.39 is 11.0 Å². The Morgan fingerprint density at radius 2 is 1.67 bits per heavy atom. The maximum absolute atomic E-state index is 9.18. The zero-order valence-corrected chi connectivity index (χ0v) is 9.57. The second-order valence-electron chi connectivity index (χ2n) is 0.371. The summed E-state index contributed by atoms with van der Waals surface area (Å²) in [5.41, 5.74) is 0. The van der Waals surface area contributed by atoms with E-state index >= 15 is 0 Å². The molecule has 3 nitrogen and oxygen atoms in total. The van der Waals surface area contributed by atoms with Gasteiger partial charge < -0.3 is 12.3 Å². The maximum Gasteiger partial charge on any atom is 1.00 e. The standard InChI is InChI=1S/K.H3O3SSi/c;1-4(2)3-5/h;5H3/q+1;-1. The summed E-state index contributed by atoms with van der Waals surface area (Å²) >= 11 is 0. The first-order chi connectivity index (χ1) is 2.27. The topological polar surface area (TPSA) is 43.4 Å². The van der Waals surface area contributed by atoms with Crippen LogP contribution in [0.3, 0.4) is 0 Å². The average Bonchev–Trinajstić information content (AvgIpc) is 1.38. The first-order valence-electron chi connectivity index (χ1n) is 0.908. The molecular formula is H3KO3SSi. The van der Waals surface area contributed by atoms with Crippen LogP contribution in [0, 0.1) is 0 Å². The third-order valence-electron chi connectivity index (χ3n) is 0.136.